The van der Waals surface area contributed by atoms with Crippen molar-refractivity contribution in [3.8, 4) is 0 Å². The number of amides is 1. The van der Waals surface area contributed by atoms with Gasteiger partial charge in [0.2, 0.25) is 0 Å². The van der Waals surface area contributed by atoms with Crippen molar-refractivity contribution in [1.82, 2.24) is 15.5 Å². The summed E-state index contributed by atoms with van der Waals surface area (Å²) in [6.45, 7) is 4.19. The van der Waals surface area contributed by atoms with E-state index < -0.39 is 0 Å². The summed E-state index contributed by atoms with van der Waals surface area (Å²) in [6, 6.07) is 0.277. The highest BCUT2D eigenvalue weighted by atomic mass is 16.2. The smallest absolute Gasteiger partial charge is 0.274 e. The average molecular weight is 236 g/mol. The lowest BCUT2D eigenvalue weighted by molar-refractivity contribution is 0.0933. The van der Waals surface area contributed by atoms with E-state index in [9.17, 15) is 4.79 Å². The Kier molecular flexibility index (Phi) is 3.36. The van der Waals surface area contributed by atoms with Crippen LogP contribution in [0.5, 0.6) is 0 Å². The molecule has 0 saturated heterocycles. The second-order valence-corrected chi connectivity index (χ2v) is 4.91. The normalized spacial score (nSPS) is 23.9. The molecule has 2 atom stereocenters. The van der Waals surface area contributed by atoms with E-state index in [-0.39, 0.29) is 11.9 Å². The Morgan fingerprint density at radius 1 is 1.59 bits per heavy atom. The van der Waals surface area contributed by atoms with Crippen molar-refractivity contribution in [1.29, 1.82) is 0 Å². The van der Waals surface area contributed by atoms with Gasteiger partial charge in [-0.05, 0) is 31.6 Å². The van der Waals surface area contributed by atoms with Gasteiger partial charge in [0.25, 0.3) is 5.91 Å². The molecule has 1 heterocycles. The summed E-state index contributed by atoms with van der Waals surface area (Å²) >= 11 is 0. The summed E-state index contributed by atoms with van der Waals surface area (Å²) in [4.78, 5) is 12.0. The van der Waals surface area contributed by atoms with Gasteiger partial charge in [-0.2, -0.15) is 5.10 Å². The molecule has 1 aliphatic rings. The van der Waals surface area contributed by atoms with Crippen molar-refractivity contribution in [2.24, 2.45) is 5.92 Å². The van der Waals surface area contributed by atoms with E-state index in [1.165, 1.54) is 6.42 Å². The van der Waals surface area contributed by atoms with Gasteiger partial charge in [0.15, 0.2) is 5.69 Å². The number of nitrogens with two attached hydrogens (primary N) is 1. The first kappa shape index (κ1) is 12.0. The second-order valence-electron chi connectivity index (χ2n) is 4.91. The molecule has 0 aromatic carbocycles. The highest BCUT2D eigenvalue weighted by molar-refractivity contribution is 5.97. The number of rotatable bonds is 3. The summed E-state index contributed by atoms with van der Waals surface area (Å²) in [6.07, 6.45) is 4.04. The molecular weight excluding hydrogens is 216 g/mol. The molecule has 1 amide bonds. The zero-order valence-corrected chi connectivity index (χ0v) is 10.4. The lowest BCUT2D eigenvalue weighted by atomic mass is 10.1. The molecule has 1 saturated carbocycles. The Morgan fingerprint density at radius 3 is 2.88 bits per heavy atom. The van der Waals surface area contributed by atoms with Crippen LogP contribution in [0.4, 0.5) is 5.69 Å². The molecule has 1 aliphatic carbocycles. The van der Waals surface area contributed by atoms with Crippen molar-refractivity contribution in [2.75, 3.05) is 5.73 Å². The summed E-state index contributed by atoms with van der Waals surface area (Å²) in [5, 5.41) is 9.79. The van der Waals surface area contributed by atoms with Crippen LogP contribution < -0.4 is 11.1 Å². The molecule has 0 aliphatic heterocycles. The summed E-state index contributed by atoms with van der Waals surface area (Å²) in [5.41, 5.74) is 7.51. The maximum absolute atomic E-state index is 12.0. The van der Waals surface area contributed by atoms with Gasteiger partial charge in [-0.3, -0.25) is 9.89 Å². The van der Waals surface area contributed by atoms with Crippen molar-refractivity contribution in [3.63, 3.8) is 0 Å². The Labute approximate surface area is 101 Å². The van der Waals surface area contributed by atoms with Crippen LogP contribution in [0.25, 0.3) is 0 Å². The molecular formula is C12H20N4O. The van der Waals surface area contributed by atoms with E-state index in [0.29, 0.717) is 17.3 Å². The van der Waals surface area contributed by atoms with Gasteiger partial charge in [0, 0.05) is 6.04 Å². The molecule has 1 aromatic rings. The van der Waals surface area contributed by atoms with Crippen LogP contribution in [0.3, 0.4) is 0 Å². The minimum atomic E-state index is -0.155. The van der Waals surface area contributed by atoms with Gasteiger partial charge in [0.05, 0.1) is 11.4 Å². The zero-order valence-electron chi connectivity index (χ0n) is 10.4. The number of nitrogens with one attached hydrogen (secondary N) is 2. The summed E-state index contributed by atoms with van der Waals surface area (Å²) in [5.74, 6) is 0.542. The molecule has 1 aromatic heterocycles. The number of hydrogen-bond donors (Lipinski definition) is 3. The number of nitrogen functional groups attached to an aromatic ring is 1. The maximum Gasteiger partial charge on any atom is 0.274 e. The van der Waals surface area contributed by atoms with E-state index in [0.717, 1.165) is 25.0 Å². The first-order valence-corrected chi connectivity index (χ1v) is 6.25. The van der Waals surface area contributed by atoms with Crippen LogP contribution in [0.2, 0.25) is 0 Å². The molecule has 5 nitrogen and oxygen atoms in total. The molecule has 1 fully saturated rings. The molecule has 17 heavy (non-hydrogen) atoms. The van der Waals surface area contributed by atoms with Gasteiger partial charge >= 0.3 is 0 Å². The summed E-state index contributed by atoms with van der Waals surface area (Å²) in [7, 11) is 0. The minimum Gasteiger partial charge on any atom is -0.395 e. The zero-order chi connectivity index (χ0) is 12.4. The number of aromatic nitrogens is 2. The third-order valence-corrected chi connectivity index (χ3v) is 3.48. The van der Waals surface area contributed by atoms with E-state index in [4.69, 9.17) is 5.73 Å². The number of hydrogen-bond acceptors (Lipinski definition) is 3. The Hall–Kier alpha value is -1.52. The predicted molar refractivity (Wildman–Crippen MR) is 66.6 cm³/mol. The Bertz CT molecular complexity index is 413. The Balaban J connectivity index is 2.02. The van der Waals surface area contributed by atoms with Gasteiger partial charge in [-0.25, -0.2) is 0 Å². The second kappa shape index (κ2) is 4.77. The number of aromatic amines is 1. The fourth-order valence-electron chi connectivity index (χ4n) is 2.42. The van der Waals surface area contributed by atoms with Gasteiger partial charge in [-0.1, -0.05) is 13.8 Å². The van der Waals surface area contributed by atoms with Crippen molar-refractivity contribution in [3.05, 3.63) is 11.4 Å². The van der Waals surface area contributed by atoms with Gasteiger partial charge in [-0.15, -0.1) is 0 Å². The fourth-order valence-corrected chi connectivity index (χ4v) is 2.42. The lowest BCUT2D eigenvalue weighted by Crippen LogP contribution is -2.33. The number of aryl methyl sites for hydroxylation is 1. The standard InChI is InChI=1S/C12H20N4O/c1-3-9-10(13)11(16-15-9)12(17)14-8-5-4-7(2)6-8/h7-8H,3-6,13H2,1-2H3,(H,14,17)(H,15,16). The fraction of sp³-hybridized carbons (Fsp3) is 0.667. The average Bonchev–Trinajstić information content (AvgIpc) is 2.85. The molecule has 0 spiro atoms. The highest BCUT2D eigenvalue weighted by Gasteiger charge is 2.25. The minimum absolute atomic E-state index is 0.155. The monoisotopic (exact) mass is 236 g/mol. The van der Waals surface area contributed by atoms with E-state index in [1.807, 2.05) is 6.92 Å². The topological polar surface area (TPSA) is 83.8 Å². The highest BCUT2D eigenvalue weighted by Crippen LogP contribution is 2.25. The van der Waals surface area contributed by atoms with Crippen LogP contribution in [-0.4, -0.2) is 22.1 Å². The van der Waals surface area contributed by atoms with Crippen LogP contribution in [-0.2, 0) is 6.42 Å². The van der Waals surface area contributed by atoms with E-state index in [2.05, 4.69) is 22.4 Å². The SMILES string of the molecule is CCc1[nH]nc(C(=O)NC2CCC(C)C2)c1N. The molecule has 0 radical (unpaired) electrons. The molecule has 0 bridgehead atoms. The third-order valence-electron chi connectivity index (χ3n) is 3.48. The van der Waals surface area contributed by atoms with Gasteiger partial charge in [0.1, 0.15) is 0 Å². The van der Waals surface area contributed by atoms with Crippen LogP contribution >= 0.6 is 0 Å². The molecule has 4 N–H and O–H groups in total. The molecule has 5 heteroatoms. The number of carbonyl (C=O) groups is 1. The quantitative estimate of drug-likeness (QED) is 0.743. The molecule has 94 valence electrons. The van der Waals surface area contributed by atoms with Crippen molar-refractivity contribution in [2.45, 2.75) is 45.6 Å². The van der Waals surface area contributed by atoms with Crippen LogP contribution in [0, 0.1) is 5.92 Å². The number of carbonyl (C=O) groups excluding carboxylic acids is 1. The van der Waals surface area contributed by atoms with Crippen LogP contribution in [0.1, 0.15) is 49.3 Å². The Morgan fingerprint density at radius 2 is 2.35 bits per heavy atom. The van der Waals surface area contributed by atoms with Gasteiger partial charge < -0.3 is 11.1 Å². The predicted octanol–water partition coefficient (Wildman–Crippen LogP) is 1.47. The maximum atomic E-state index is 12.0. The first-order valence-electron chi connectivity index (χ1n) is 6.25. The van der Waals surface area contributed by atoms with E-state index in [1.54, 1.807) is 0 Å². The van der Waals surface area contributed by atoms with Crippen molar-refractivity contribution >= 4 is 11.6 Å². The summed E-state index contributed by atoms with van der Waals surface area (Å²) < 4.78 is 0. The van der Waals surface area contributed by atoms with E-state index >= 15 is 0 Å². The number of anilines is 1. The van der Waals surface area contributed by atoms with Crippen LogP contribution in [0.15, 0.2) is 0 Å². The third kappa shape index (κ3) is 2.43. The lowest BCUT2D eigenvalue weighted by Gasteiger charge is -2.11. The molecule has 2 unspecified atom stereocenters. The first-order chi connectivity index (χ1) is 8.11. The number of H-pyrrole nitrogens is 1. The largest absolute Gasteiger partial charge is 0.395 e. The van der Waals surface area contributed by atoms with Crippen molar-refractivity contribution < 1.29 is 4.79 Å². The molecule has 2 rings (SSSR count). The number of nitrogens with zero attached hydrogens (tertiary/aromatic N) is 1.